The van der Waals surface area contributed by atoms with Gasteiger partial charge in [0.25, 0.3) is 0 Å². The van der Waals surface area contributed by atoms with Crippen molar-refractivity contribution in [1.82, 2.24) is 0 Å². The van der Waals surface area contributed by atoms with E-state index < -0.39 is 0 Å². The number of carbonyl (C=O) groups is 1. The van der Waals surface area contributed by atoms with E-state index in [0.717, 1.165) is 28.6 Å². The molecule has 1 aliphatic heterocycles. The second-order valence-corrected chi connectivity index (χ2v) is 5.99. The smallest absolute Gasteiger partial charge is 0.230 e. The first-order chi connectivity index (χ1) is 9.02. The lowest BCUT2D eigenvalue weighted by molar-refractivity contribution is -0.121. The topological polar surface area (TPSA) is 38.3 Å². The largest absolute Gasteiger partial charge is 0.377 e. The van der Waals surface area contributed by atoms with Crippen LogP contribution in [0, 0.1) is 19.8 Å². The molecule has 1 aromatic rings. The van der Waals surface area contributed by atoms with Gasteiger partial charge in [0.1, 0.15) is 0 Å². The van der Waals surface area contributed by atoms with E-state index in [1.165, 1.54) is 5.56 Å². The van der Waals surface area contributed by atoms with Gasteiger partial charge in [-0.15, -0.1) is 0 Å². The Balaban J connectivity index is 2.15. The maximum atomic E-state index is 12.4. The summed E-state index contributed by atoms with van der Waals surface area (Å²) in [6.07, 6.45) is 1.75. The number of hydrogen-bond acceptors (Lipinski definition) is 2. The lowest BCUT2D eigenvalue weighted by Crippen LogP contribution is -2.29. The molecule has 2 unspecified atom stereocenters. The molecule has 104 valence electrons. The number of ether oxygens (including phenoxy) is 1. The predicted octanol–water partition coefficient (Wildman–Crippen LogP) is 3.82. The summed E-state index contributed by atoms with van der Waals surface area (Å²) in [5.74, 6) is 0.0367. The fourth-order valence-corrected chi connectivity index (χ4v) is 3.41. The Bertz CT molecular complexity index is 464. The van der Waals surface area contributed by atoms with Crippen LogP contribution in [0.15, 0.2) is 16.6 Å². The number of hydrogen-bond donors (Lipinski definition) is 1. The van der Waals surface area contributed by atoms with Crippen molar-refractivity contribution < 1.29 is 9.53 Å². The highest BCUT2D eigenvalue weighted by atomic mass is 79.9. The lowest BCUT2D eigenvalue weighted by Gasteiger charge is -2.18. The van der Waals surface area contributed by atoms with Gasteiger partial charge in [0.15, 0.2) is 0 Å². The number of benzene rings is 1. The van der Waals surface area contributed by atoms with Gasteiger partial charge in [0.05, 0.1) is 17.7 Å². The monoisotopic (exact) mass is 325 g/mol. The predicted molar refractivity (Wildman–Crippen MR) is 80.4 cm³/mol. The van der Waals surface area contributed by atoms with Crippen molar-refractivity contribution in [1.29, 1.82) is 0 Å². The minimum atomic E-state index is -0.0300. The van der Waals surface area contributed by atoms with Gasteiger partial charge in [-0.25, -0.2) is 0 Å². The molecular weight excluding hydrogens is 306 g/mol. The zero-order chi connectivity index (χ0) is 14.0. The maximum Gasteiger partial charge on any atom is 0.230 e. The van der Waals surface area contributed by atoms with E-state index in [4.69, 9.17) is 4.74 Å². The third-order valence-corrected chi connectivity index (χ3v) is 4.25. The van der Waals surface area contributed by atoms with E-state index in [1.807, 2.05) is 19.9 Å². The molecule has 1 fully saturated rings. The maximum absolute atomic E-state index is 12.4. The van der Waals surface area contributed by atoms with Crippen molar-refractivity contribution in [3.8, 4) is 0 Å². The minimum absolute atomic E-state index is 0.0300. The van der Waals surface area contributed by atoms with E-state index in [0.29, 0.717) is 6.61 Å². The molecule has 1 N–H and O–H groups in total. The van der Waals surface area contributed by atoms with Crippen LogP contribution >= 0.6 is 15.9 Å². The third-order valence-electron chi connectivity index (χ3n) is 3.63. The Morgan fingerprint density at radius 2 is 2.21 bits per heavy atom. The van der Waals surface area contributed by atoms with E-state index in [1.54, 1.807) is 0 Å². The molecule has 19 heavy (non-hydrogen) atoms. The van der Waals surface area contributed by atoms with E-state index >= 15 is 0 Å². The molecule has 4 heteroatoms. The van der Waals surface area contributed by atoms with Crippen LogP contribution in [0.2, 0.25) is 0 Å². The summed E-state index contributed by atoms with van der Waals surface area (Å²) in [5, 5.41) is 3.05. The van der Waals surface area contributed by atoms with Crippen LogP contribution in [0.1, 0.15) is 30.9 Å². The van der Waals surface area contributed by atoms with E-state index in [9.17, 15) is 4.79 Å². The molecule has 1 aliphatic rings. The molecule has 1 saturated heterocycles. The Labute approximate surface area is 122 Å². The summed E-state index contributed by atoms with van der Waals surface area (Å²) in [7, 11) is 0. The van der Waals surface area contributed by atoms with Gasteiger partial charge < -0.3 is 10.1 Å². The van der Waals surface area contributed by atoms with Crippen molar-refractivity contribution in [2.24, 2.45) is 5.92 Å². The number of anilines is 1. The molecule has 2 atom stereocenters. The Kier molecular flexibility index (Phi) is 4.63. The molecule has 0 spiro atoms. The van der Waals surface area contributed by atoms with Crippen LogP contribution < -0.4 is 5.32 Å². The van der Waals surface area contributed by atoms with Crippen molar-refractivity contribution in [3.05, 3.63) is 27.7 Å². The standard InChI is InChI=1S/C15H20BrNO2/c1-4-13-11(5-6-19-13)15(18)17-14-10(3)7-9(2)8-12(14)16/h7-8,11,13H,4-6H2,1-3H3,(H,17,18). The van der Waals surface area contributed by atoms with Crippen LogP contribution in [-0.2, 0) is 9.53 Å². The molecular formula is C15H20BrNO2. The number of aryl methyl sites for hydroxylation is 2. The Morgan fingerprint density at radius 1 is 1.47 bits per heavy atom. The molecule has 1 aromatic carbocycles. The molecule has 0 bridgehead atoms. The highest BCUT2D eigenvalue weighted by molar-refractivity contribution is 9.10. The van der Waals surface area contributed by atoms with Gasteiger partial charge >= 0.3 is 0 Å². The zero-order valence-corrected chi connectivity index (χ0v) is 13.2. The van der Waals surface area contributed by atoms with Crippen LogP contribution in [-0.4, -0.2) is 18.6 Å². The number of carbonyl (C=O) groups excluding carboxylic acids is 1. The van der Waals surface area contributed by atoms with Gasteiger partial charge in [-0.1, -0.05) is 13.0 Å². The zero-order valence-electron chi connectivity index (χ0n) is 11.6. The Morgan fingerprint density at radius 3 is 2.84 bits per heavy atom. The average molecular weight is 326 g/mol. The Hall–Kier alpha value is -0.870. The van der Waals surface area contributed by atoms with Crippen LogP contribution in [0.25, 0.3) is 0 Å². The first-order valence-electron chi connectivity index (χ1n) is 6.72. The minimum Gasteiger partial charge on any atom is -0.377 e. The summed E-state index contributed by atoms with van der Waals surface area (Å²) in [5.41, 5.74) is 3.13. The molecule has 1 amide bonds. The van der Waals surface area contributed by atoms with Gasteiger partial charge in [-0.05, 0) is 59.8 Å². The van der Waals surface area contributed by atoms with Gasteiger partial charge in [-0.3, -0.25) is 4.79 Å². The second-order valence-electron chi connectivity index (χ2n) is 5.14. The van der Waals surface area contributed by atoms with Gasteiger partial charge in [-0.2, -0.15) is 0 Å². The molecule has 3 nitrogen and oxygen atoms in total. The SMILES string of the molecule is CCC1OCCC1C(=O)Nc1c(C)cc(C)cc1Br. The quantitative estimate of drug-likeness (QED) is 0.917. The second kappa shape index (κ2) is 6.06. The molecule has 0 aliphatic carbocycles. The number of amides is 1. The van der Waals surface area contributed by atoms with Gasteiger partial charge in [0.2, 0.25) is 5.91 Å². The molecule has 0 aromatic heterocycles. The highest BCUT2D eigenvalue weighted by Crippen LogP contribution is 2.30. The summed E-state index contributed by atoms with van der Waals surface area (Å²) < 4.78 is 6.52. The summed E-state index contributed by atoms with van der Waals surface area (Å²) in [6.45, 7) is 6.80. The average Bonchev–Trinajstić information content (AvgIpc) is 2.81. The van der Waals surface area contributed by atoms with Crippen molar-refractivity contribution in [2.45, 2.75) is 39.7 Å². The highest BCUT2D eigenvalue weighted by Gasteiger charge is 2.33. The fourth-order valence-electron chi connectivity index (χ4n) is 2.64. The van der Waals surface area contributed by atoms with E-state index in [2.05, 4.69) is 34.2 Å². The summed E-state index contributed by atoms with van der Waals surface area (Å²) >= 11 is 3.52. The van der Waals surface area contributed by atoms with Crippen molar-refractivity contribution in [3.63, 3.8) is 0 Å². The molecule has 0 radical (unpaired) electrons. The van der Waals surface area contributed by atoms with Crippen molar-refractivity contribution >= 4 is 27.5 Å². The van der Waals surface area contributed by atoms with Gasteiger partial charge in [0, 0.05) is 11.1 Å². The number of halogens is 1. The van der Waals surface area contributed by atoms with Crippen LogP contribution in [0.4, 0.5) is 5.69 Å². The lowest BCUT2D eigenvalue weighted by atomic mass is 9.98. The van der Waals surface area contributed by atoms with E-state index in [-0.39, 0.29) is 17.9 Å². The normalized spacial score (nSPS) is 22.5. The van der Waals surface area contributed by atoms with Crippen LogP contribution in [0.3, 0.4) is 0 Å². The first-order valence-corrected chi connectivity index (χ1v) is 7.51. The van der Waals surface area contributed by atoms with Crippen molar-refractivity contribution in [2.75, 3.05) is 11.9 Å². The summed E-state index contributed by atoms with van der Waals surface area (Å²) in [4.78, 5) is 12.4. The van der Waals surface area contributed by atoms with Crippen LogP contribution in [0.5, 0.6) is 0 Å². The number of rotatable bonds is 3. The summed E-state index contributed by atoms with van der Waals surface area (Å²) in [6, 6.07) is 4.09. The molecule has 2 rings (SSSR count). The molecule has 1 heterocycles. The molecule has 0 saturated carbocycles. The fraction of sp³-hybridized carbons (Fsp3) is 0.533. The third kappa shape index (κ3) is 3.18. The first kappa shape index (κ1) is 14.5. The number of nitrogens with one attached hydrogen (secondary N) is 1.